The standard InChI is InChI=1S/C52H38N6/c1-5-13-35(14-6-1)37-21-25-41(26-22-37)49-53-47(39-17-9-3-10-18-39)55-51(57-49)45-31-29-44-34-46(32-30-43(44)33-45)52-56-48(40-19-11-4-12-20-40)54-50(58-52)42-27-23-38(24-28-42)36-15-7-2-8-16-36/h1,3-7,9-11,13-19,21-34H,2,8,12,20H2/p+2. The van der Waals surface area contributed by atoms with Crippen LogP contribution in [0.3, 0.4) is 0 Å². The van der Waals surface area contributed by atoms with Crippen LogP contribution in [0, 0.1) is 0 Å². The Bertz CT molecular complexity index is 2910. The van der Waals surface area contributed by atoms with E-state index in [0.29, 0.717) is 17.5 Å². The first-order valence-electron chi connectivity index (χ1n) is 19.9. The van der Waals surface area contributed by atoms with E-state index in [1.54, 1.807) is 0 Å². The second kappa shape index (κ2) is 15.6. The molecule has 6 aromatic carbocycles. The molecule has 0 radical (unpaired) electrons. The zero-order valence-corrected chi connectivity index (χ0v) is 31.9. The van der Waals surface area contributed by atoms with E-state index in [9.17, 15) is 0 Å². The summed E-state index contributed by atoms with van der Waals surface area (Å²) in [4.78, 5) is 27.4. The van der Waals surface area contributed by atoms with Crippen molar-refractivity contribution in [2.75, 3.05) is 0 Å². The zero-order valence-electron chi connectivity index (χ0n) is 31.9. The van der Waals surface area contributed by atoms with Gasteiger partial charge in [0.15, 0.2) is 17.5 Å². The summed E-state index contributed by atoms with van der Waals surface area (Å²) >= 11 is 0. The lowest BCUT2D eigenvalue weighted by Crippen LogP contribution is -2.29. The third kappa shape index (κ3) is 7.31. The smallest absolute Gasteiger partial charge is 0.208 e. The molecule has 276 valence electrons. The topological polar surface area (TPSA) is 79.8 Å². The minimum atomic E-state index is 0.626. The third-order valence-electron chi connectivity index (χ3n) is 10.8. The Hall–Kier alpha value is -7.44. The fraction of sp³-hybridized carbons (Fsp3) is 0.0769. The first-order chi connectivity index (χ1) is 28.7. The summed E-state index contributed by atoms with van der Waals surface area (Å²) in [6.07, 6.45) is 17.4. The molecular formula is C52H40N6+2. The molecule has 6 heteroatoms. The van der Waals surface area contributed by atoms with Crippen molar-refractivity contribution in [3.05, 3.63) is 193 Å². The maximum Gasteiger partial charge on any atom is 0.400 e. The van der Waals surface area contributed by atoms with Gasteiger partial charge in [0.1, 0.15) is 0 Å². The van der Waals surface area contributed by atoms with Gasteiger partial charge < -0.3 is 0 Å². The van der Waals surface area contributed by atoms with E-state index < -0.39 is 0 Å². The molecule has 2 N–H and O–H groups in total. The number of allylic oxidation sites excluding steroid dienone is 8. The molecule has 0 unspecified atom stereocenters. The van der Waals surface area contributed by atoms with Crippen molar-refractivity contribution in [1.29, 1.82) is 0 Å². The molecule has 0 atom stereocenters. The van der Waals surface area contributed by atoms with Crippen molar-refractivity contribution in [3.8, 4) is 68.1 Å². The van der Waals surface area contributed by atoms with Crippen LogP contribution in [0.1, 0.15) is 37.1 Å². The van der Waals surface area contributed by atoms with Gasteiger partial charge in [0, 0.05) is 16.7 Å². The quantitative estimate of drug-likeness (QED) is 0.155. The van der Waals surface area contributed by atoms with Crippen LogP contribution >= 0.6 is 0 Å². The van der Waals surface area contributed by atoms with E-state index in [-0.39, 0.29) is 0 Å². The fourth-order valence-electron chi connectivity index (χ4n) is 7.65. The predicted molar refractivity (Wildman–Crippen MR) is 234 cm³/mol. The van der Waals surface area contributed by atoms with Crippen LogP contribution in [0.4, 0.5) is 0 Å². The second-order valence-electron chi connectivity index (χ2n) is 14.7. The molecule has 0 bridgehead atoms. The van der Waals surface area contributed by atoms with Gasteiger partial charge >= 0.3 is 17.5 Å². The fourth-order valence-corrected chi connectivity index (χ4v) is 7.65. The molecule has 2 aromatic heterocycles. The zero-order chi connectivity index (χ0) is 38.7. The van der Waals surface area contributed by atoms with Crippen LogP contribution < -0.4 is 9.97 Å². The lowest BCUT2D eigenvalue weighted by molar-refractivity contribution is -0.511. The Morgan fingerprint density at radius 1 is 0.414 bits per heavy atom. The van der Waals surface area contributed by atoms with Crippen LogP contribution in [-0.4, -0.2) is 19.9 Å². The Labute approximate surface area is 337 Å². The number of hydrogen-bond donors (Lipinski definition) is 0. The van der Waals surface area contributed by atoms with Gasteiger partial charge in [0.2, 0.25) is 0 Å². The van der Waals surface area contributed by atoms with E-state index >= 15 is 0 Å². The van der Waals surface area contributed by atoms with E-state index in [1.165, 1.54) is 22.3 Å². The predicted octanol–water partition coefficient (Wildman–Crippen LogP) is 11.5. The first-order valence-corrected chi connectivity index (χ1v) is 19.9. The van der Waals surface area contributed by atoms with Crippen LogP contribution in [0.25, 0.3) is 90.0 Å². The van der Waals surface area contributed by atoms with Crippen molar-refractivity contribution >= 4 is 21.9 Å². The van der Waals surface area contributed by atoms with Gasteiger partial charge in [-0.1, -0.05) is 146 Å². The average molecular weight is 749 g/mol. The van der Waals surface area contributed by atoms with Crippen LogP contribution in [0.5, 0.6) is 0 Å². The van der Waals surface area contributed by atoms with Crippen molar-refractivity contribution in [1.82, 2.24) is 19.9 Å². The molecule has 0 aliphatic heterocycles. The average Bonchev–Trinajstić information content (AvgIpc) is 3.32. The molecule has 0 saturated heterocycles. The molecule has 2 aliphatic rings. The van der Waals surface area contributed by atoms with Gasteiger partial charge in [-0.15, -0.1) is 0 Å². The summed E-state index contributed by atoms with van der Waals surface area (Å²) in [7, 11) is 0. The third-order valence-corrected chi connectivity index (χ3v) is 10.8. The number of H-pyrrole nitrogens is 2. The van der Waals surface area contributed by atoms with Gasteiger partial charge in [-0.25, -0.2) is 15.0 Å². The van der Waals surface area contributed by atoms with E-state index in [4.69, 9.17) is 19.9 Å². The normalized spacial score (nSPS) is 13.7. The summed E-state index contributed by atoms with van der Waals surface area (Å²) in [5.74, 6) is 4.49. The number of fused-ring (bicyclic) bond motifs is 1. The first kappa shape index (κ1) is 35.0. The van der Waals surface area contributed by atoms with Gasteiger partial charge in [-0.3, -0.25) is 0 Å². The highest BCUT2D eigenvalue weighted by Crippen LogP contribution is 2.31. The van der Waals surface area contributed by atoms with Crippen molar-refractivity contribution in [3.63, 3.8) is 0 Å². The van der Waals surface area contributed by atoms with Crippen molar-refractivity contribution < 1.29 is 9.97 Å². The summed E-state index contributed by atoms with van der Waals surface area (Å²) in [5.41, 5.74) is 10.9. The van der Waals surface area contributed by atoms with Gasteiger partial charge in [0.25, 0.3) is 0 Å². The van der Waals surface area contributed by atoms with Crippen LogP contribution in [0.2, 0.25) is 0 Å². The number of benzene rings is 6. The SMILES string of the molecule is C1=CCCC(c2nc(-c3ccc4cc(-c5nc(-c6ccccc6)nc(-c6ccc(-c7ccccc7)cc6)n5)ccc4c3)[nH+]c(-c3ccc(C4=CCCC=C4)cc3)[nH+]2)=C1. The minimum Gasteiger partial charge on any atom is -0.208 e. The monoisotopic (exact) mass is 748 g/mol. The number of rotatable bonds is 8. The molecule has 58 heavy (non-hydrogen) atoms. The molecule has 0 fully saturated rings. The maximum absolute atomic E-state index is 5.16. The van der Waals surface area contributed by atoms with Gasteiger partial charge in [-0.2, -0.15) is 9.97 Å². The number of aromatic amines is 2. The molecule has 2 heterocycles. The summed E-state index contributed by atoms with van der Waals surface area (Å²) in [6.45, 7) is 0. The summed E-state index contributed by atoms with van der Waals surface area (Å²) in [6, 6.07) is 50.6. The Kier molecular flexibility index (Phi) is 9.41. The molecule has 0 amide bonds. The number of nitrogens with one attached hydrogen (secondary N) is 2. The summed E-state index contributed by atoms with van der Waals surface area (Å²) in [5, 5.41) is 2.18. The second-order valence-corrected chi connectivity index (χ2v) is 14.7. The lowest BCUT2D eigenvalue weighted by Gasteiger charge is -2.10. The molecule has 6 nitrogen and oxygen atoms in total. The number of aromatic nitrogens is 6. The highest BCUT2D eigenvalue weighted by Gasteiger charge is 2.27. The van der Waals surface area contributed by atoms with Crippen LogP contribution in [-0.2, 0) is 0 Å². The maximum atomic E-state index is 5.16. The van der Waals surface area contributed by atoms with Crippen molar-refractivity contribution in [2.24, 2.45) is 0 Å². The highest BCUT2D eigenvalue weighted by atomic mass is 15.0. The molecular weight excluding hydrogens is 709 g/mol. The molecule has 2 aliphatic carbocycles. The van der Waals surface area contributed by atoms with E-state index in [2.05, 4.69) is 156 Å². The minimum absolute atomic E-state index is 0.626. The van der Waals surface area contributed by atoms with Gasteiger partial charge in [0.05, 0.1) is 21.7 Å². The van der Waals surface area contributed by atoms with Gasteiger partial charge in [-0.05, 0) is 95.1 Å². The lowest BCUT2D eigenvalue weighted by atomic mass is 9.98. The van der Waals surface area contributed by atoms with Crippen LogP contribution in [0.15, 0.2) is 182 Å². The van der Waals surface area contributed by atoms with Crippen molar-refractivity contribution in [2.45, 2.75) is 25.7 Å². The summed E-state index contributed by atoms with van der Waals surface area (Å²) < 4.78 is 0. The van der Waals surface area contributed by atoms with E-state index in [1.807, 2.05) is 36.4 Å². The number of hydrogen-bond acceptors (Lipinski definition) is 4. The Morgan fingerprint density at radius 3 is 1.64 bits per heavy atom. The van der Waals surface area contributed by atoms with E-state index in [0.717, 1.165) is 87.3 Å². The highest BCUT2D eigenvalue weighted by molar-refractivity contribution is 5.89. The molecule has 0 saturated carbocycles. The molecule has 8 aromatic rings. The molecule has 0 spiro atoms. The largest absolute Gasteiger partial charge is 0.400 e. The molecule has 10 rings (SSSR count). The Morgan fingerprint density at radius 2 is 0.966 bits per heavy atom. The number of nitrogens with zero attached hydrogens (tertiary/aromatic N) is 4. The Balaban J connectivity index is 1.01.